The van der Waals surface area contributed by atoms with Gasteiger partial charge in [0, 0.05) is 25.2 Å². The van der Waals surface area contributed by atoms with E-state index in [1.807, 2.05) is 24.3 Å². The van der Waals surface area contributed by atoms with Crippen molar-refractivity contribution >= 4 is 39.4 Å². The molecule has 4 N–H and O–H groups in total. The molecular formula is C20H20FN5O2S. The number of nitrogens with zero attached hydrogens (tertiary/aromatic N) is 2. The average molecular weight is 413 g/mol. The van der Waals surface area contributed by atoms with Crippen LogP contribution in [0.2, 0.25) is 0 Å². The molecule has 1 aliphatic rings. The first-order chi connectivity index (χ1) is 14.1. The van der Waals surface area contributed by atoms with E-state index in [1.165, 1.54) is 23.8 Å². The van der Waals surface area contributed by atoms with Crippen LogP contribution in [-0.4, -0.2) is 39.7 Å². The number of rotatable bonds is 6. The minimum atomic E-state index is -0.695. The molecule has 7 nitrogen and oxygen atoms in total. The minimum Gasteiger partial charge on any atom is -0.360 e. The van der Waals surface area contributed by atoms with Crippen molar-refractivity contribution in [1.29, 1.82) is 0 Å². The van der Waals surface area contributed by atoms with E-state index in [1.54, 1.807) is 11.3 Å². The molecule has 2 aromatic heterocycles. The highest BCUT2D eigenvalue weighted by Gasteiger charge is 2.36. The van der Waals surface area contributed by atoms with Crippen molar-refractivity contribution in [3.8, 4) is 0 Å². The monoisotopic (exact) mass is 413 g/mol. The Labute approximate surface area is 170 Å². The lowest BCUT2D eigenvalue weighted by Gasteiger charge is -2.29. The van der Waals surface area contributed by atoms with Crippen LogP contribution in [0.15, 0.2) is 42.6 Å². The molecule has 29 heavy (non-hydrogen) atoms. The largest absolute Gasteiger partial charge is 0.360 e. The van der Waals surface area contributed by atoms with Crippen molar-refractivity contribution in [2.45, 2.75) is 18.4 Å². The fourth-order valence-corrected chi connectivity index (χ4v) is 4.54. The smallest absolute Gasteiger partial charge is 0.267 e. The van der Waals surface area contributed by atoms with Gasteiger partial charge in [0.1, 0.15) is 0 Å². The highest BCUT2D eigenvalue weighted by Crippen LogP contribution is 2.30. The second-order valence-corrected chi connectivity index (χ2v) is 8.11. The molecule has 1 atom stereocenters. The maximum Gasteiger partial charge on any atom is 0.267 e. The number of carbonyl (C=O) groups excluding carboxylic acids is 1. The highest BCUT2D eigenvalue weighted by molar-refractivity contribution is 7.18. The van der Waals surface area contributed by atoms with Crippen LogP contribution in [0.25, 0.3) is 16.3 Å². The van der Waals surface area contributed by atoms with E-state index in [-0.39, 0.29) is 11.4 Å². The number of nitrogens with one attached hydrogen (secondary N) is 3. The molecule has 1 aliphatic heterocycles. The van der Waals surface area contributed by atoms with Gasteiger partial charge in [-0.3, -0.25) is 10.0 Å². The standard InChI is InChI=1S/C20H20FN5O2S/c21-14-9-13(5-6-17(27)26-28)11-23-19(14)25-20(7-8-22-12-20)10-18-24-15-3-1-2-4-16(15)29-18/h1-6,9,11,22,28H,7-8,10,12H2,(H,23,25)(H,26,27)/b6-5+/t20-/m1/s1. The van der Waals surface area contributed by atoms with Crippen LogP contribution in [0.5, 0.6) is 0 Å². The molecule has 1 saturated heterocycles. The Kier molecular flexibility index (Phi) is 5.52. The summed E-state index contributed by atoms with van der Waals surface area (Å²) in [6, 6.07) is 9.30. The number of hydrogen-bond acceptors (Lipinski definition) is 7. The number of thiazole rings is 1. The van der Waals surface area contributed by atoms with Crippen LogP contribution in [0, 0.1) is 5.82 Å². The molecule has 9 heteroatoms. The lowest BCUT2D eigenvalue weighted by molar-refractivity contribution is -0.124. The van der Waals surface area contributed by atoms with Gasteiger partial charge in [-0.1, -0.05) is 12.1 Å². The van der Waals surface area contributed by atoms with Crippen molar-refractivity contribution < 1.29 is 14.4 Å². The first-order valence-electron chi connectivity index (χ1n) is 9.18. The number of halogens is 1. The first kappa shape index (κ1) is 19.4. The summed E-state index contributed by atoms with van der Waals surface area (Å²) in [5.41, 5.74) is 2.49. The highest BCUT2D eigenvalue weighted by atomic mass is 32.1. The molecule has 4 rings (SSSR count). The molecule has 1 aromatic carbocycles. The molecule has 0 radical (unpaired) electrons. The third-order valence-electron chi connectivity index (χ3n) is 4.85. The first-order valence-corrected chi connectivity index (χ1v) is 10.00. The molecule has 0 aliphatic carbocycles. The van der Waals surface area contributed by atoms with Crippen LogP contribution in [0.3, 0.4) is 0 Å². The predicted molar refractivity (Wildman–Crippen MR) is 110 cm³/mol. The van der Waals surface area contributed by atoms with Crippen LogP contribution in [0.4, 0.5) is 10.2 Å². The average Bonchev–Trinajstić information content (AvgIpc) is 3.34. The molecule has 3 aromatic rings. The number of aromatic nitrogens is 2. The fraction of sp³-hybridized carbons (Fsp3) is 0.250. The number of hydrogen-bond donors (Lipinski definition) is 4. The number of pyridine rings is 1. The number of anilines is 1. The zero-order valence-electron chi connectivity index (χ0n) is 15.5. The van der Waals surface area contributed by atoms with E-state index in [0.29, 0.717) is 18.5 Å². The Balaban J connectivity index is 1.54. The molecule has 1 fully saturated rings. The molecule has 0 unspecified atom stereocenters. The second-order valence-electron chi connectivity index (χ2n) is 6.99. The van der Waals surface area contributed by atoms with E-state index in [4.69, 9.17) is 10.2 Å². The third kappa shape index (κ3) is 4.42. The molecule has 0 saturated carbocycles. The molecule has 0 bridgehead atoms. The summed E-state index contributed by atoms with van der Waals surface area (Å²) < 4.78 is 15.8. The van der Waals surface area contributed by atoms with Crippen molar-refractivity contribution in [1.82, 2.24) is 20.8 Å². The van der Waals surface area contributed by atoms with Gasteiger partial charge in [0.15, 0.2) is 11.6 Å². The summed E-state index contributed by atoms with van der Waals surface area (Å²) in [5.74, 6) is -1.04. The topological polar surface area (TPSA) is 99.2 Å². The number of carbonyl (C=O) groups is 1. The van der Waals surface area contributed by atoms with Gasteiger partial charge in [-0.25, -0.2) is 19.8 Å². The van der Waals surface area contributed by atoms with Crippen LogP contribution in [-0.2, 0) is 11.2 Å². The minimum absolute atomic E-state index is 0.165. The quantitative estimate of drug-likeness (QED) is 0.282. The van der Waals surface area contributed by atoms with E-state index in [2.05, 4.69) is 15.6 Å². The number of hydroxylamine groups is 1. The maximum absolute atomic E-state index is 14.6. The number of amides is 1. The van der Waals surface area contributed by atoms with Crippen LogP contribution >= 0.6 is 11.3 Å². The molecule has 3 heterocycles. The molecular weight excluding hydrogens is 393 g/mol. The molecule has 1 amide bonds. The summed E-state index contributed by atoms with van der Waals surface area (Å²) in [5, 5.41) is 16.1. The number of benzene rings is 1. The van der Waals surface area contributed by atoms with Gasteiger partial charge < -0.3 is 10.6 Å². The summed E-state index contributed by atoms with van der Waals surface area (Å²) in [7, 11) is 0. The van der Waals surface area contributed by atoms with Crippen molar-refractivity contribution in [3.63, 3.8) is 0 Å². The van der Waals surface area contributed by atoms with E-state index in [9.17, 15) is 9.18 Å². The Hall–Kier alpha value is -2.88. The lowest BCUT2D eigenvalue weighted by atomic mass is 9.94. The van der Waals surface area contributed by atoms with E-state index in [0.717, 1.165) is 34.3 Å². The van der Waals surface area contributed by atoms with Gasteiger partial charge in [0.2, 0.25) is 0 Å². The number of fused-ring (bicyclic) bond motifs is 1. The molecule has 0 spiro atoms. The predicted octanol–water partition coefficient (Wildman–Crippen LogP) is 2.74. The van der Waals surface area contributed by atoms with E-state index < -0.39 is 11.7 Å². The van der Waals surface area contributed by atoms with Gasteiger partial charge in [-0.05, 0) is 42.8 Å². The Bertz CT molecular complexity index is 1030. The zero-order valence-corrected chi connectivity index (χ0v) is 16.3. The van der Waals surface area contributed by atoms with Gasteiger partial charge in [-0.2, -0.15) is 0 Å². The number of para-hydroxylation sites is 1. The summed E-state index contributed by atoms with van der Waals surface area (Å²) in [6.07, 6.45) is 5.43. The Morgan fingerprint density at radius 3 is 3.00 bits per heavy atom. The normalized spacial score (nSPS) is 19.1. The van der Waals surface area contributed by atoms with Gasteiger partial charge in [0.05, 0.1) is 20.8 Å². The fourth-order valence-electron chi connectivity index (χ4n) is 3.43. The van der Waals surface area contributed by atoms with E-state index >= 15 is 0 Å². The van der Waals surface area contributed by atoms with Crippen LogP contribution < -0.4 is 16.1 Å². The maximum atomic E-state index is 14.6. The third-order valence-corrected chi connectivity index (χ3v) is 5.89. The summed E-state index contributed by atoms with van der Waals surface area (Å²) in [4.78, 5) is 20.0. The Morgan fingerprint density at radius 1 is 1.41 bits per heavy atom. The van der Waals surface area contributed by atoms with Gasteiger partial charge >= 0.3 is 0 Å². The van der Waals surface area contributed by atoms with Gasteiger partial charge in [-0.15, -0.1) is 11.3 Å². The summed E-state index contributed by atoms with van der Waals surface area (Å²) in [6.45, 7) is 1.51. The second kappa shape index (κ2) is 8.24. The van der Waals surface area contributed by atoms with Crippen molar-refractivity contribution in [2.24, 2.45) is 0 Å². The lowest BCUT2D eigenvalue weighted by Crippen LogP contribution is -2.43. The SMILES string of the molecule is O=C(/C=C/c1cnc(N[C@@]2(Cc3nc4ccccc4s3)CCNC2)c(F)c1)NO. The van der Waals surface area contributed by atoms with Crippen molar-refractivity contribution in [2.75, 3.05) is 18.4 Å². The zero-order chi connectivity index (χ0) is 20.3. The summed E-state index contributed by atoms with van der Waals surface area (Å²) >= 11 is 1.65. The molecule has 150 valence electrons. The Morgan fingerprint density at radius 2 is 2.28 bits per heavy atom. The van der Waals surface area contributed by atoms with Gasteiger partial charge in [0.25, 0.3) is 5.91 Å². The van der Waals surface area contributed by atoms with Crippen LogP contribution in [0.1, 0.15) is 17.0 Å². The van der Waals surface area contributed by atoms with Crippen molar-refractivity contribution in [3.05, 3.63) is 59.0 Å².